The summed E-state index contributed by atoms with van der Waals surface area (Å²) in [6, 6.07) is 5.85. The van der Waals surface area contributed by atoms with Gasteiger partial charge in [0.1, 0.15) is 15.9 Å². The minimum absolute atomic E-state index is 0.0304. The number of carbonyl (C=O) groups excluding carboxylic acids is 2. The van der Waals surface area contributed by atoms with E-state index in [-0.39, 0.29) is 52.7 Å². The van der Waals surface area contributed by atoms with Crippen LogP contribution in [0.25, 0.3) is 11.1 Å². The molecule has 0 spiro atoms. The topological polar surface area (TPSA) is 157 Å². The van der Waals surface area contributed by atoms with E-state index >= 15 is 0 Å². The maximum absolute atomic E-state index is 12.4. The van der Waals surface area contributed by atoms with Crippen molar-refractivity contribution in [3.05, 3.63) is 54.9 Å². The molecule has 0 aliphatic heterocycles. The first-order valence-electron chi connectivity index (χ1n) is 9.55. The highest BCUT2D eigenvalue weighted by atomic mass is 32.1. The maximum Gasteiger partial charge on any atom is 0.419 e. The number of fused-ring (bicyclic) bond motifs is 1. The molecule has 3 rings (SSSR count). The van der Waals surface area contributed by atoms with Gasteiger partial charge in [-0.3, -0.25) is 19.5 Å². The Hall–Kier alpha value is -3.98. The third kappa shape index (κ3) is 4.52. The van der Waals surface area contributed by atoms with Gasteiger partial charge >= 0.3 is 11.7 Å². The summed E-state index contributed by atoms with van der Waals surface area (Å²) >= 11 is 0.972. The van der Waals surface area contributed by atoms with Crippen LogP contribution in [0.3, 0.4) is 0 Å². The number of nitriles is 1. The number of oxazole rings is 1. The molecule has 0 aliphatic rings. The zero-order valence-electron chi connectivity index (χ0n) is 17.2. The van der Waals surface area contributed by atoms with Crippen LogP contribution in [-0.4, -0.2) is 28.0 Å². The molecule has 2 heterocycles. The second-order valence-corrected chi connectivity index (χ2v) is 7.69. The monoisotopic (exact) mass is 458 g/mol. The number of benzene rings is 1. The van der Waals surface area contributed by atoms with E-state index in [1.165, 1.54) is 22.8 Å². The number of thiophene rings is 1. The summed E-state index contributed by atoms with van der Waals surface area (Å²) < 4.78 is 11.3. The fourth-order valence-electron chi connectivity index (χ4n) is 3.09. The average molecular weight is 458 g/mol. The van der Waals surface area contributed by atoms with E-state index in [4.69, 9.17) is 9.15 Å². The third-order valence-corrected chi connectivity index (χ3v) is 5.81. The van der Waals surface area contributed by atoms with Crippen LogP contribution in [0.2, 0.25) is 0 Å². The van der Waals surface area contributed by atoms with Gasteiger partial charge in [-0.2, -0.15) is 5.26 Å². The number of nitro groups is 1. The molecule has 0 atom stereocenters. The zero-order valence-corrected chi connectivity index (χ0v) is 18.0. The van der Waals surface area contributed by atoms with E-state index in [9.17, 15) is 29.8 Å². The molecule has 1 amide bonds. The predicted molar refractivity (Wildman–Crippen MR) is 115 cm³/mol. The number of non-ortho nitro benzene ring substituents is 1. The number of hydrogen-bond donors (Lipinski definition) is 1. The Morgan fingerprint density at radius 3 is 2.81 bits per heavy atom. The van der Waals surface area contributed by atoms with Gasteiger partial charge in [-0.25, -0.2) is 9.59 Å². The highest BCUT2D eigenvalue weighted by Gasteiger charge is 2.22. The molecule has 1 aromatic carbocycles. The van der Waals surface area contributed by atoms with E-state index in [0.717, 1.165) is 11.3 Å². The number of esters is 1. The quantitative estimate of drug-likeness (QED) is 0.306. The van der Waals surface area contributed by atoms with Crippen molar-refractivity contribution in [2.24, 2.45) is 0 Å². The number of anilines is 1. The Bertz CT molecular complexity index is 1310. The fourth-order valence-corrected chi connectivity index (χ4v) is 4.16. The van der Waals surface area contributed by atoms with Crippen LogP contribution in [0.4, 0.5) is 10.7 Å². The Morgan fingerprint density at radius 2 is 2.16 bits per heavy atom. The van der Waals surface area contributed by atoms with E-state index in [2.05, 4.69) is 5.32 Å². The fraction of sp³-hybridized carbons (Fsp3) is 0.300. The van der Waals surface area contributed by atoms with Gasteiger partial charge in [-0.05, 0) is 31.9 Å². The van der Waals surface area contributed by atoms with Crippen molar-refractivity contribution in [3.8, 4) is 6.07 Å². The van der Waals surface area contributed by atoms with E-state index in [1.807, 2.05) is 6.07 Å². The lowest BCUT2D eigenvalue weighted by atomic mass is 10.1. The van der Waals surface area contributed by atoms with Gasteiger partial charge in [0.15, 0.2) is 5.58 Å². The van der Waals surface area contributed by atoms with Gasteiger partial charge in [0, 0.05) is 19.0 Å². The molecule has 0 saturated heterocycles. The van der Waals surface area contributed by atoms with Gasteiger partial charge in [0.25, 0.3) is 5.69 Å². The molecule has 0 bridgehead atoms. The standard InChI is InChI=1S/C20H18N4O7S/c1-3-30-19(26)17-11(2)13(10-21)18(32-17)22-16(25)5-4-8-23-14-7-6-12(24(28)29)9-15(14)31-20(23)27/h6-7,9H,3-5,8H2,1-2H3,(H,22,25). The Labute approximate surface area is 185 Å². The molecular weight excluding hydrogens is 440 g/mol. The summed E-state index contributed by atoms with van der Waals surface area (Å²) in [5.41, 5.74) is 0.926. The minimum Gasteiger partial charge on any atom is -0.462 e. The average Bonchev–Trinajstić information content (AvgIpc) is 3.23. The summed E-state index contributed by atoms with van der Waals surface area (Å²) in [6.45, 7) is 3.62. The van der Waals surface area contributed by atoms with Crippen molar-refractivity contribution < 1.29 is 23.7 Å². The highest BCUT2D eigenvalue weighted by molar-refractivity contribution is 7.18. The van der Waals surface area contributed by atoms with Crippen molar-refractivity contribution >= 4 is 45.0 Å². The molecule has 0 saturated carbocycles. The lowest BCUT2D eigenvalue weighted by Crippen LogP contribution is -2.17. The molecule has 12 heteroatoms. The summed E-state index contributed by atoms with van der Waals surface area (Å²) in [6.07, 6.45) is 0.303. The highest BCUT2D eigenvalue weighted by Crippen LogP contribution is 2.33. The molecule has 2 aromatic heterocycles. The van der Waals surface area contributed by atoms with Crippen LogP contribution in [0.5, 0.6) is 0 Å². The number of amides is 1. The first kappa shape index (κ1) is 22.7. The number of hydrogen-bond acceptors (Lipinski definition) is 9. The van der Waals surface area contributed by atoms with Crippen molar-refractivity contribution in [1.82, 2.24) is 4.57 Å². The smallest absolute Gasteiger partial charge is 0.419 e. The molecule has 1 N–H and O–H groups in total. The number of nitro benzene ring substituents is 1. The van der Waals surface area contributed by atoms with Crippen molar-refractivity contribution in [1.29, 1.82) is 5.26 Å². The van der Waals surface area contributed by atoms with Crippen molar-refractivity contribution in [3.63, 3.8) is 0 Å². The molecule has 3 aromatic rings. The number of rotatable bonds is 8. The number of aryl methyl sites for hydroxylation is 1. The molecule has 11 nitrogen and oxygen atoms in total. The Kier molecular flexibility index (Phi) is 6.70. The van der Waals surface area contributed by atoms with Gasteiger partial charge < -0.3 is 14.5 Å². The molecule has 32 heavy (non-hydrogen) atoms. The SMILES string of the molecule is CCOC(=O)c1sc(NC(=O)CCCn2c(=O)oc3cc([N+](=O)[O-])ccc32)c(C#N)c1C. The summed E-state index contributed by atoms with van der Waals surface area (Å²) in [7, 11) is 0. The van der Waals surface area contributed by atoms with Gasteiger partial charge in [0.05, 0.1) is 28.7 Å². The Balaban J connectivity index is 1.68. The molecule has 166 valence electrons. The van der Waals surface area contributed by atoms with Crippen LogP contribution in [-0.2, 0) is 16.1 Å². The second-order valence-electron chi connectivity index (χ2n) is 6.67. The third-order valence-electron chi connectivity index (χ3n) is 4.62. The number of nitrogens with one attached hydrogen (secondary N) is 1. The van der Waals surface area contributed by atoms with E-state index < -0.39 is 22.6 Å². The molecule has 0 radical (unpaired) electrons. The number of carbonyl (C=O) groups is 2. The second kappa shape index (κ2) is 9.44. The first-order chi connectivity index (χ1) is 15.3. The number of ether oxygens (including phenoxy) is 1. The predicted octanol–water partition coefficient (Wildman–Crippen LogP) is 3.34. The van der Waals surface area contributed by atoms with Crippen LogP contribution < -0.4 is 11.1 Å². The Morgan fingerprint density at radius 1 is 1.41 bits per heavy atom. The van der Waals surface area contributed by atoms with Crippen LogP contribution in [0, 0.1) is 28.4 Å². The summed E-state index contributed by atoms with van der Waals surface area (Å²) in [4.78, 5) is 47.0. The lowest BCUT2D eigenvalue weighted by molar-refractivity contribution is -0.384. The molecule has 0 unspecified atom stereocenters. The van der Waals surface area contributed by atoms with Gasteiger partial charge in [0.2, 0.25) is 5.91 Å². The minimum atomic E-state index is -0.680. The number of aromatic nitrogens is 1. The zero-order chi connectivity index (χ0) is 23.4. The molecular formula is C20H18N4O7S. The van der Waals surface area contributed by atoms with E-state index in [1.54, 1.807) is 13.8 Å². The lowest BCUT2D eigenvalue weighted by Gasteiger charge is -2.04. The summed E-state index contributed by atoms with van der Waals surface area (Å²) in [5.74, 6) is -1.63. The molecule has 0 aliphatic carbocycles. The largest absolute Gasteiger partial charge is 0.462 e. The van der Waals surface area contributed by atoms with Crippen LogP contribution >= 0.6 is 11.3 Å². The summed E-state index contributed by atoms with van der Waals surface area (Å²) in [5, 5.41) is 23.1. The van der Waals surface area contributed by atoms with Crippen molar-refractivity contribution in [2.45, 2.75) is 33.2 Å². The van der Waals surface area contributed by atoms with Crippen LogP contribution in [0.1, 0.15) is 40.6 Å². The van der Waals surface area contributed by atoms with E-state index in [0.29, 0.717) is 11.1 Å². The normalized spacial score (nSPS) is 10.7. The van der Waals surface area contributed by atoms with Gasteiger partial charge in [-0.1, -0.05) is 0 Å². The van der Waals surface area contributed by atoms with Crippen molar-refractivity contribution in [2.75, 3.05) is 11.9 Å². The number of nitrogens with zero attached hydrogens (tertiary/aromatic N) is 3. The maximum atomic E-state index is 12.4. The van der Waals surface area contributed by atoms with Crippen LogP contribution in [0.15, 0.2) is 27.4 Å². The molecule has 0 fully saturated rings. The van der Waals surface area contributed by atoms with Gasteiger partial charge in [-0.15, -0.1) is 11.3 Å². The first-order valence-corrected chi connectivity index (χ1v) is 10.4.